The zero-order chi connectivity index (χ0) is 14.4. The van der Waals surface area contributed by atoms with Gasteiger partial charge in [0.2, 0.25) is 0 Å². The molecule has 0 radical (unpaired) electrons. The zero-order valence-electron chi connectivity index (χ0n) is 11.3. The number of aliphatic carboxylic acids is 1. The summed E-state index contributed by atoms with van der Waals surface area (Å²) in [7, 11) is 0. The molecule has 110 valence electrons. The van der Waals surface area contributed by atoms with Gasteiger partial charge in [-0.25, -0.2) is 9.78 Å². The van der Waals surface area contributed by atoms with Crippen LogP contribution in [0.25, 0.3) is 0 Å². The highest BCUT2D eigenvalue weighted by Crippen LogP contribution is 2.23. The molecule has 2 amide bonds. The highest BCUT2D eigenvalue weighted by molar-refractivity contribution is 5.80. The van der Waals surface area contributed by atoms with Gasteiger partial charge in [0.1, 0.15) is 6.54 Å². The zero-order valence-corrected chi connectivity index (χ0v) is 11.3. The lowest BCUT2D eigenvalue weighted by Gasteiger charge is -2.27. The summed E-state index contributed by atoms with van der Waals surface area (Å²) >= 11 is 0. The van der Waals surface area contributed by atoms with Crippen molar-refractivity contribution in [2.75, 3.05) is 13.1 Å². The summed E-state index contributed by atoms with van der Waals surface area (Å²) in [6, 6.07) is -0.239. The Hall–Kier alpha value is -2.05. The molecule has 3 N–H and O–H groups in total. The van der Waals surface area contributed by atoms with E-state index in [1.807, 2.05) is 0 Å². The number of aromatic nitrogens is 2. The number of carbonyl (C=O) groups excluding carboxylic acids is 1. The summed E-state index contributed by atoms with van der Waals surface area (Å²) in [5.74, 6) is -0.972. The molecule has 0 atom stereocenters. The molecule has 0 aromatic carbocycles. The van der Waals surface area contributed by atoms with Crippen LogP contribution in [0.15, 0.2) is 12.5 Å². The molecule has 1 saturated carbocycles. The molecular weight excluding hydrogens is 260 g/mol. The summed E-state index contributed by atoms with van der Waals surface area (Å²) in [5.41, 5.74) is 0.941. The average Bonchev–Trinajstić information content (AvgIpc) is 3.08. The molecule has 1 heterocycles. The molecule has 20 heavy (non-hydrogen) atoms. The van der Waals surface area contributed by atoms with Gasteiger partial charge in [-0.05, 0) is 12.8 Å². The van der Waals surface area contributed by atoms with Gasteiger partial charge in [0, 0.05) is 30.9 Å². The van der Waals surface area contributed by atoms with Crippen molar-refractivity contribution in [2.45, 2.75) is 38.1 Å². The van der Waals surface area contributed by atoms with Crippen LogP contribution in [0.4, 0.5) is 4.79 Å². The monoisotopic (exact) mass is 280 g/mol. The van der Waals surface area contributed by atoms with Crippen molar-refractivity contribution >= 4 is 12.0 Å². The fourth-order valence-corrected chi connectivity index (χ4v) is 2.56. The quantitative estimate of drug-likeness (QED) is 0.723. The summed E-state index contributed by atoms with van der Waals surface area (Å²) in [6.45, 7) is 0.227. The van der Waals surface area contributed by atoms with E-state index >= 15 is 0 Å². The number of imidazole rings is 1. The third kappa shape index (κ3) is 3.97. The molecule has 1 aromatic rings. The Morgan fingerprint density at radius 2 is 2.20 bits per heavy atom. The standard InChI is InChI=1S/C13H20N4O3/c18-12(19)8-17(11-3-1-2-4-11)13(20)15-6-5-10-7-14-9-16-10/h7,9,11H,1-6,8H2,(H,14,16)(H,15,20)(H,18,19). The summed E-state index contributed by atoms with van der Waals surface area (Å²) in [4.78, 5) is 31.3. The molecule has 0 aliphatic heterocycles. The van der Waals surface area contributed by atoms with E-state index in [4.69, 9.17) is 5.11 Å². The Balaban J connectivity index is 1.83. The minimum atomic E-state index is -0.972. The number of amides is 2. The minimum absolute atomic E-state index is 0.0539. The van der Waals surface area contributed by atoms with E-state index in [-0.39, 0.29) is 18.6 Å². The molecular formula is C13H20N4O3. The maximum Gasteiger partial charge on any atom is 0.323 e. The predicted octanol–water partition coefficient (Wildman–Crippen LogP) is 0.991. The number of carbonyl (C=O) groups is 2. The predicted molar refractivity (Wildman–Crippen MR) is 72.3 cm³/mol. The van der Waals surface area contributed by atoms with Crippen LogP contribution in [0.1, 0.15) is 31.4 Å². The first kappa shape index (κ1) is 14.4. The third-order valence-corrected chi connectivity index (χ3v) is 3.56. The molecule has 1 fully saturated rings. The summed E-state index contributed by atoms with van der Waals surface area (Å²) in [5, 5.41) is 11.7. The van der Waals surface area contributed by atoms with Gasteiger partial charge >= 0.3 is 12.0 Å². The van der Waals surface area contributed by atoms with Crippen molar-refractivity contribution in [3.8, 4) is 0 Å². The molecule has 0 saturated heterocycles. The number of H-pyrrole nitrogens is 1. The lowest BCUT2D eigenvalue weighted by Crippen LogP contribution is -2.48. The maximum atomic E-state index is 12.1. The van der Waals surface area contributed by atoms with Crippen molar-refractivity contribution in [1.82, 2.24) is 20.2 Å². The van der Waals surface area contributed by atoms with Crippen LogP contribution in [0, 0.1) is 0 Å². The smallest absolute Gasteiger partial charge is 0.323 e. The molecule has 0 unspecified atom stereocenters. The molecule has 1 aliphatic carbocycles. The second-order valence-electron chi connectivity index (χ2n) is 5.02. The number of carboxylic acids is 1. The molecule has 0 bridgehead atoms. The first-order chi connectivity index (χ1) is 9.66. The van der Waals surface area contributed by atoms with Crippen molar-refractivity contribution in [3.05, 3.63) is 18.2 Å². The van der Waals surface area contributed by atoms with Gasteiger partial charge in [-0.15, -0.1) is 0 Å². The highest BCUT2D eigenvalue weighted by Gasteiger charge is 2.28. The molecule has 0 spiro atoms. The van der Waals surface area contributed by atoms with E-state index in [1.54, 1.807) is 12.5 Å². The van der Waals surface area contributed by atoms with E-state index < -0.39 is 5.97 Å². The van der Waals surface area contributed by atoms with Crippen molar-refractivity contribution in [3.63, 3.8) is 0 Å². The minimum Gasteiger partial charge on any atom is -0.480 e. The Labute approximate surface area is 117 Å². The summed E-state index contributed by atoms with van der Waals surface area (Å²) in [6.07, 6.45) is 7.84. The van der Waals surface area contributed by atoms with Crippen LogP contribution >= 0.6 is 0 Å². The van der Waals surface area contributed by atoms with Gasteiger partial charge in [-0.1, -0.05) is 12.8 Å². The van der Waals surface area contributed by atoms with Crippen molar-refractivity contribution in [1.29, 1.82) is 0 Å². The molecule has 2 rings (SSSR count). The Bertz CT molecular complexity index is 440. The van der Waals surface area contributed by atoms with Crippen LogP contribution in [-0.4, -0.2) is 51.1 Å². The number of aromatic amines is 1. The number of nitrogens with zero attached hydrogens (tertiary/aromatic N) is 2. The number of urea groups is 1. The van der Waals surface area contributed by atoms with Crippen molar-refractivity contribution in [2.24, 2.45) is 0 Å². The Morgan fingerprint density at radius 3 is 2.80 bits per heavy atom. The summed E-state index contributed by atoms with van der Waals surface area (Å²) < 4.78 is 0. The van der Waals surface area contributed by atoms with Gasteiger partial charge in [-0.3, -0.25) is 4.79 Å². The SMILES string of the molecule is O=C(O)CN(C(=O)NCCc1cnc[nH]1)C1CCCC1. The van der Waals surface area contributed by atoms with Crippen LogP contribution in [0.2, 0.25) is 0 Å². The second-order valence-corrected chi connectivity index (χ2v) is 5.02. The highest BCUT2D eigenvalue weighted by atomic mass is 16.4. The topological polar surface area (TPSA) is 98.3 Å². The van der Waals surface area contributed by atoms with E-state index in [9.17, 15) is 9.59 Å². The van der Waals surface area contributed by atoms with Crippen LogP contribution in [0.3, 0.4) is 0 Å². The maximum absolute atomic E-state index is 12.1. The number of rotatable bonds is 6. The lowest BCUT2D eigenvalue weighted by molar-refractivity contribution is -0.138. The van der Waals surface area contributed by atoms with E-state index in [0.717, 1.165) is 31.4 Å². The number of hydrogen-bond acceptors (Lipinski definition) is 3. The molecule has 7 heteroatoms. The lowest BCUT2D eigenvalue weighted by atomic mass is 10.2. The first-order valence-corrected chi connectivity index (χ1v) is 6.90. The Morgan fingerprint density at radius 1 is 1.45 bits per heavy atom. The van der Waals surface area contributed by atoms with E-state index in [1.165, 1.54) is 4.90 Å². The number of nitrogens with one attached hydrogen (secondary N) is 2. The van der Waals surface area contributed by atoms with Crippen molar-refractivity contribution < 1.29 is 14.7 Å². The number of carboxylic acid groups (broad SMARTS) is 1. The fourth-order valence-electron chi connectivity index (χ4n) is 2.56. The fraction of sp³-hybridized carbons (Fsp3) is 0.615. The Kier molecular flexibility index (Phi) is 4.97. The average molecular weight is 280 g/mol. The molecule has 7 nitrogen and oxygen atoms in total. The van der Waals surface area contributed by atoms with E-state index in [0.29, 0.717) is 13.0 Å². The normalized spacial score (nSPS) is 15.2. The van der Waals surface area contributed by atoms with Gasteiger partial charge in [0.25, 0.3) is 0 Å². The van der Waals surface area contributed by atoms with Gasteiger partial charge in [0.15, 0.2) is 0 Å². The second kappa shape index (κ2) is 6.93. The first-order valence-electron chi connectivity index (χ1n) is 6.90. The van der Waals surface area contributed by atoms with Gasteiger partial charge < -0.3 is 20.3 Å². The molecule has 1 aromatic heterocycles. The number of hydrogen-bond donors (Lipinski definition) is 3. The third-order valence-electron chi connectivity index (χ3n) is 3.56. The van der Waals surface area contributed by atoms with E-state index in [2.05, 4.69) is 15.3 Å². The van der Waals surface area contributed by atoms with Crippen LogP contribution < -0.4 is 5.32 Å². The van der Waals surface area contributed by atoms with Gasteiger partial charge in [0.05, 0.1) is 6.33 Å². The van der Waals surface area contributed by atoms with Crippen LogP contribution in [-0.2, 0) is 11.2 Å². The van der Waals surface area contributed by atoms with Gasteiger partial charge in [-0.2, -0.15) is 0 Å². The largest absolute Gasteiger partial charge is 0.480 e. The molecule has 1 aliphatic rings. The van der Waals surface area contributed by atoms with Crippen LogP contribution in [0.5, 0.6) is 0 Å².